The number of hydrogen-bond acceptors (Lipinski definition) is 4. The van der Waals surface area contributed by atoms with Gasteiger partial charge in [0.25, 0.3) is 0 Å². The lowest BCUT2D eigenvalue weighted by atomic mass is 9.90. The minimum atomic E-state index is -0.876. The minimum Gasteiger partial charge on any atom is -0.369 e. The van der Waals surface area contributed by atoms with Crippen molar-refractivity contribution >= 4 is 11.8 Å². The molecule has 0 aromatic carbocycles. The maximum atomic E-state index is 12.2. The van der Waals surface area contributed by atoms with Crippen LogP contribution in [0.1, 0.15) is 40.5 Å². The predicted molar refractivity (Wildman–Crippen MR) is 80.0 cm³/mol. The Morgan fingerprint density at radius 1 is 1.48 bits per heavy atom. The summed E-state index contributed by atoms with van der Waals surface area (Å²) in [6, 6.07) is 2.39. The molecular formula is C15H26N4O2. The summed E-state index contributed by atoms with van der Waals surface area (Å²) >= 11 is 0. The van der Waals surface area contributed by atoms with Gasteiger partial charge in [0.05, 0.1) is 18.5 Å². The van der Waals surface area contributed by atoms with E-state index in [1.54, 1.807) is 6.92 Å². The average molecular weight is 294 g/mol. The molecule has 3 N–H and O–H groups in total. The van der Waals surface area contributed by atoms with Crippen LogP contribution in [0.4, 0.5) is 0 Å². The van der Waals surface area contributed by atoms with Crippen molar-refractivity contribution in [2.45, 2.75) is 52.1 Å². The first-order valence-electron chi connectivity index (χ1n) is 7.45. The van der Waals surface area contributed by atoms with Crippen LogP contribution in [-0.4, -0.2) is 41.4 Å². The number of nitrogens with zero attached hydrogens (tertiary/aromatic N) is 2. The number of amides is 2. The Morgan fingerprint density at radius 3 is 2.57 bits per heavy atom. The summed E-state index contributed by atoms with van der Waals surface area (Å²) in [5.41, 5.74) is 4.48. The van der Waals surface area contributed by atoms with Crippen LogP contribution in [0.2, 0.25) is 0 Å². The molecule has 118 valence electrons. The van der Waals surface area contributed by atoms with Crippen molar-refractivity contribution in [2.24, 2.45) is 17.6 Å². The Labute approximate surface area is 126 Å². The standard InChI is InChI=1S/C15H26N4O2/c1-10(2)15(4,9-16)18-13(20)8-19-7-12(14(17)21)6-5-11(19)3/h10-12H,5-8H2,1-4H3,(H2,17,21)(H,18,20)/t11-,12+,15-/m1/s1. The molecule has 6 nitrogen and oxygen atoms in total. The van der Waals surface area contributed by atoms with Crippen molar-refractivity contribution in [1.82, 2.24) is 10.2 Å². The van der Waals surface area contributed by atoms with E-state index in [2.05, 4.69) is 11.4 Å². The lowest BCUT2D eigenvalue weighted by Gasteiger charge is -2.37. The fraction of sp³-hybridized carbons (Fsp3) is 0.800. The Hall–Kier alpha value is -1.61. The van der Waals surface area contributed by atoms with Crippen molar-refractivity contribution in [3.63, 3.8) is 0 Å². The molecule has 0 aromatic heterocycles. The number of nitrogens with two attached hydrogens (primary N) is 1. The Bertz CT molecular complexity index is 443. The Kier molecular flexibility index (Phi) is 5.73. The summed E-state index contributed by atoms with van der Waals surface area (Å²) in [6.45, 7) is 8.26. The molecule has 0 spiro atoms. The van der Waals surface area contributed by atoms with Crippen LogP contribution in [0.3, 0.4) is 0 Å². The minimum absolute atomic E-state index is 0.0172. The third kappa shape index (κ3) is 4.43. The van der Waals surface area contributed by atoms with Crippen LogP contribution in [0.25, 0.3) is 0 Å². The number of nitriles is 1. The van der Waals surface area contributed by atoms with E-state index in [0.717, 1.165) is 12.8 Å². The van der Waals surface area contributed by atoms with Gasteiger partial charge in [0.15, 0.2) is 0 Å². The zero-order chi connectivity index (χ0) is 16.2. The maximum absolute atomic E-state index is 12.2. The highest BCUT2D eigenvalue weighted by molar-refractivity contribution is 5.80. The van der Waals surface area contributed by atoms with Gasteiger partial charge in [-0.1, -0.05) is 13.8 Å². The highest BCUT2D eigenvalue weighted by Gasteiger charge is 2.33. The summed E-state index contributed by atoms with van der Waals surface area (Å²) in [7, 11) is 0. The summed E-state index contributed by atoms with van der Waals surface area (Å²) < 4.78 is 0. The molecular weight excluding hydrogens is 268 g/mol. The van der Waals surface area contributed by atoms with Crippen LogP contribution >= 0.6 is 0 Å². The highest BCUT2D eigenvalue weighted by Crippen LogP contribution is 2.21. The van der Waals surface area contributed by atoms with Gasteiger partial charge in [-0.2, -0.15) is 5.26 Å². The molecule has 1 aliphatic rings. The first-order chi connectivity index (χ1) is 9.69. The molecule has 3 atom stereocenters. The largest absolute Gasteiger partial charge is 0.369 e. The molecule has 1 saturated heterocycles. The van der Waals surface area contributed by atoms with Gasteiger partial charge in [0.1, 0.15) is 5.54 Å². The van der Waals surface area contributed by atoms with E-state index in [-0.39, 0.29) is 36.2 Å². The van der Waals surface area contributed by atoms with Gasteiger partial charge in [0.2, 0.25) is 11.8 Å². The van der Waals surface area contributed by atoms with Crippen LogP contribution in [0.5, 0.6) is 0 Å². The van der Waals surface area contributed by atoms with E-state index >= 15 is 0 Å². The zero-order valence-electron chi connectivity index (χ0n) is 13.3. The third-order valence-electron chi connectivity index (χ3n) is 4.55. The van der Waals surface area contributed by atoms with E-state index in [9.17, 15) is 14.9 Å². The van der Waals surface area contributed by atoms with E-state index in [1.807, 2.05) is 25.7 Å². The molecule has 0 saturated carbocycles. The molecule has 2 amide bonds. The predicted octanol–water partition coefficient (Wildman–Crippen LogP) is 0.627. The van der Waals surface area contributed by atoms with Gasteiger partial charge in [-0.15, -0.1) is 0 Å². The van der Waals surface area contributed by atoms with Gasteiger partial charge < -0.3 is 11.1 Å². The first-order valence-corrected chi connectivity index (χ1v) is 7.45. The average Bonchev–Trinajstić information content (AvgIpc) is 2.40. The van der Waals surface area contributed by atoms with Crippen molar-refractivity contribution in [2.75, 3.05) is 13.1 Å². The summed E-state index contributed by atoms with van der Waals surface area (Å²) in [5, 5.41) is 12.0. The molecule has 0 unspecified atom stereocenters. The third-order valence-corrected chi connectivity index (χ3v) is 4.55. The molecule has 1 fully saturated rings. The molecule has 21 heavy (non-hydrogen) atoms. The molecule has 0 aliphatic carbocycles. The number of piperidine rings is 1. The number of likely N-dealkylation sites (tertiary alicyclic amines) is 1. The first kappa shape index (κ1) is 17.4. The molecule has 1 aliphatic heterocycles. The number of carbonyl (C=O) groups is 2. The van der Waals surface area contributed by atoms with Crippen LogP contribution in [0.15, 0.2) is 0 Å². The normalized spacial score (nSPS) is 25.9. The second-order valence-electron chi connectivity index (χ2n) is 6.47. The van der Waals surface area contributed by atoms with E-state index in [0.29, 0.717) is 6.54 Å². The number of carbonyl (C=O) groups excluding carboxylic acids is 2. The van der Waals surface area contributed by atoms with Gasteiger partial charge in [0, 0.05) is 12.6 Å². The smallest absolute Gasteiger partial charge is 0.235 e. The lowest BCUT2D eigenvalue weighted by Crippen LogP contribution is -2.54. The number of primary amides is 1. The second kappa shape index (κ2) is 6.90. The number of rotatable bonds is 5. The number of hydrogen-bond donors (Lipinski definition) is 2. The van der Waals surface area contributed by atoms with Gasteiger partial charge in [-0.3, -0.25) is 14.5 Å². The molecule has 0 radical (unpaired) electrons. The van der Waals surface area contributed by atoms with Gasteiger partial charge in [-0.25, -0.2) is 0 Å². The van der Waals surface area contributed by atoms with E-state index in [4.69, 9.17) is 5.73 Å². The van der Waals surface area contributed by atoms with Crippen molar-refractivity contribution in [3.8, 4) is 6.07 Å². The molecule has 1 rings (SSSR count). The maximum Gasteiger partial charge on any atom is 0.235 e. The Balaban J connectivity index is 2.65. The van der Waals surface area contributed by atoms with Gasteiger partial charge >= 0.3 is 0 Å². The lowest BCUT2D eigenvalue weighted by molar-refractivity contribution is -0.128. The van der Waals surface area contributed by atoms with Crippen molar-refractivity contribution in [1.29, 1.82) is 5.26 Å². The van der Waals surface area contributed by atoms with Crippen molar-refractivity contribution in [3.05, 3.63) is 0 Å². The van der Waals surface area contributed by atoms with Crippen molar-refractivity contribution < 1.29 is 9.59 Å². The molecule has 1 heterocycles. The zero-order valence-corrected chi connectivity index (χ0v) is 13.3. The number of nitrogens with one attached hydrogen (secondary N) is 1. The SMILES string of the molecule is CC(C)[C@@](C)(C#N)NC(=O)CN1C[C@@H](C(N)=O)CC[C@H]1C. The fourth-order valence-electron chi connectivity index (χ4n) is 2.45. The topological polar surface area (TPSA) is 99.2 Å². The van der Waals surface area contributed by atoms with E-state index in [1.165, 1.54) is 0 Å². The molecule has 0 bridgehead atoms. The van der Waals surface area contributed by atoms with Gasteiger partial charge in [-0.05, 0) is 32.6 Å². The Morgan fingerprint density at radius 2 is 2.10 bits per heavy atom. The monoisotopic (exact) mass is 294 g/mol. The van der Waals surface area contributed by atoms with Crippen LogP contribution in [0, 0.1) is 23.2 Å². The summed E-state index contributed by atoms with van der Waals surface area (Å²) in [5.74, 6) is -0.675. The molecule has 0 aromatic rings. The van der Waals surface area contributed by atoms with E-state index < -0.39 is 5.54 Å². The second-order valence-corrected chi connectivity index (χ2v) is 6.47. The summed E-state index contributed by atoms with van der Waals surface area (Å²) in [6.07, 6.45) is 1.62. The highest BCUT2D eigenvalue weighted by atomic mass is 16.2. The quantitative estimate of drug-likeness (QED) is 0.776. The van der Waals surface area contributed by atoms with Crippen LogP contribution < -0.4 is 11.1 Å². The van der Waals surface area contributed by atoms with Crippen LogP contribution in [-0.2, 0) is 9.59 Å². The fourth-order valence-corrected chi connectivity index (χ4v) is 2.45. The summed E-state index contributed by atoms with van der Waals surface area (Å²) in [4.78, 5) is 25.5. The molecule has 6 heteroatoms.